The fourth-order valence-corrected chi connectivity index (χ4v) is 9.79. The summed E-state index contributed by atoms with van der Waals surface area (Å²) in [6.45, 7) is 2.21. The van der Waals surface area contributed by atoms with Crippen LogP contribution in [-0.4, -0.2) is 20.8 Å². The van der Waals surface area contributed by atoms with Crippen molar-refractivity contribution in [3.05, 3.63) is 193 Å². The molecule has 1 aliphatic heterocycles. The molecule has 0 fully saturated rings. The second-order valence-electron chi connectivity index (χ2n) is 16.1. The van der Waals surface area contributed by atoms with Gasteiger partial charge in [-0.25, -0.2) is 9.98 Å². The highest BCUT2D eigenvalue weighted by Gasteiger charge is 2.24. The first-order valence-electron chi connectivity index (χ1n) is 20.9. The molecule has 0 unspecified atom stereocenters. The molecule has 8 aromatic carbocycles. The monoisotopic (exact) mass is 784 g/mol. The summed E-state index contributed by atoms with van der Waals surface area (Å²) in [5.74, 6) is 0.603. The highest BCUT2D eigenvalue weighted by Crippen LogP contribution is 2.42. The fourth-order valence-electron chi connectivity index (χ4n) is 9.79. The Morgan fingerprint density at radius 3 is 1.70 bits per heavy atom. The van der Waals surface area contributed by atoms with Crippen LogP contribution in [0.25, 0.3) is 98.9 Å². The molecule has 4 aromatic heterocycles. The highest BCUT2D eigenvalue weighted by atomic mass is 16.3. The minimum atomic E-state index is 0.603. The van der Waals surface area contributed by atoms with E-state index in [1.807, 2.05) is 24.3 Å². The maximum atomic E-state index is 6.42. The second-order valence-corrected chi connectivity index (χ2v) is 16.1. The Balaban J connectivity index is 1.10. The van der Waals surface area contributed by atoms with E-state index in [-0.39, 0.29) is 0 Å². The predicted molar refractivity (Wildman–Crippen MR) is 252 cm³/mol. The zero-order valence-corrected chi connectivity index (χ0v) is 33.3. The molecule has 0 aliphatic carbocycles. The van der Waals surface area contributed by atoms with Crippen LogP contribution in [0.4, 0.5) is 0 Å². The van der Waals surface area contributed by atoms with Gasteiger partial charge >= 0.3 is 0 Å². The van der Waals surface area contributed by atoms with Crippen molar-refractivity contribution in [2.45, 2.75) is 19.8 Å². The minimum absolute atomic E-state index is 0.603. The third kappa shape index (κ3) is 5.09. The average Bonchev–Trinajstić information content (AvgIpc) is 4.05. The van der Waals surface area contributed by atoms with Gasteiger partial charge < -0.3 is 13.4 Å². The standard InChI is InChI=1S/C55H36N4O2/c1-33-23-29-44(34-24-26-40-38-16-7-11-21-48(38)60-50(40)31-34)56-55(57-53(33)35-25-27-41-39-17-8-12-22-49(39)61-51(41)32-35)59-46-20-10-6-18-43(46)52-47(59)30-28-42-37-15-5-9-19-45(37)58(54(42)52)36-13-3-2-4-14-36/h2-22,24-28,30-32H,23,29H2,1H3. The minimum Gasteiger partial charge on any atom is -0.456 e. The molecular formula is C55H36N4O2. The van der Waals surface area contributed by atoms with Gasteiger partial charge in [0.2, 0.25) is 5.96 Å². The highest BCUT2D eigenvalue weighted by molar-refractivity contribution is 6.28. The number of allylic oxidation sites excluding steroid dienone is 1. The lowest BCUT2D eigenvalue weighted by molar-refractivity contribution is 0.668. The molecule has 6 nitrogen and oxygen atoms in total. The van der Waals surface area contributed by atoms with E-state index in [0.29, 0.717) is 5.96 Å². The first-order valence-corrected chi connectivity index (χ1v) is 20.9. The fraction of sp³-hybridized carbons (Fsp3) is 0.0545. The van der Waals surface area contributed by atoms with E-state index in [1.165, 1.54) is 21.9 Å². The van der Waals surface area contributed by atoms with E-state index < -0.39 is 0 Å². The molecular weight excluding hydrogens is 749 g/mol. The van der Waals surface area contributed by atoms with Crippen LogP contribution in [0.5, 0.6) is 0 Å². The van der Waals surface area contributed by atoms with E-state index in [9.17, 15) is 0 Å². The van der Waals surface area contributed by atoms with Crippen LogP contribution in [-0.2, 0) is 0 Å². The van der Waals surface area contributed by atoms with Gasteiger partial charge in [-0.3, -0.25) is 4.57 Å². The molecule has 6 heteroatoms. The summed E-state index contributed by atoms with van der Waals surface area (Å²) in [5.41, 5.74) is 14.0. The van der Waals surface area contributed by atoms with Gasteiger partial charge in [0.25, 0.3) is 0 Å². The Labute approximate surface area is 349 Å². The number of fused-ring (bicyclic) bond motifs is 13. The number of benzene rings is 8. The van der Waals surface area contributed by atoms with Crippen LogP contribution in [0, 0.1) is 0 Å². The summed E-state index contributed by atoms with van der Waals surface area (Å²) >= 11 is 0. The van der Waals surface area contributed by atoms with Crippen molar-refractivity contribution in [3.63, 3.8) is 0 Å². The SMILES string of the molecule is CC1=C(c2ccc3c(c2)oc2ccccc23)N=C(n2c3ccccc3c3c2ccc2c4ccccc4n(-c4ccccc4)c23)N=C(c2ccc3c(c2)oc2ccccc23)CC1. The Bertz CT molecular complexity index is 3890. The van der Waals surface area contributed by atoms with Crippen molar-refractivity contribution in [1.29, 1.82) is 0 Å². The number of hydrogen-bond acceptors (Lipinski definition) is 4. The van der Waals surface area contributed by atoms with Crippen LogP contribution >= 0.6 is 0 Å². The number of rotatable bonds is 3. The van der Waals surface area contributed by atoms with Gasteiger partial charge in [-0.05, 0) is 97.6 Å². The summed E-state index contributed by atoms with van der Waals surface area (Å²) in [6, 6.07) is 62.1. The van der Waals surface area contributed by atoms with Crippen molar-refractivity contribution >= 4 is 105 Å². The number of hydrogen-bond donors (Lipinski definition) is 0. The Hall–Kier alpha value is -7.96. The first kappa shape index (κ1) is 34.0. The van der Waals surface area contributed by atoms with Gasteiger partial charge in [0.15, 0.2) is 0 Å². The molecule has 0 saturated carbocycles. The third-order valence-corrected chi connectivity index (χ3v) is 12.6. The van der Waals surface area contributed by atoms with Crippen molar-refractivity contribution in [2.75, 3.05) is 0 Å². The number of furan rings is 2. The molecule has 0 spiro atoms. The summed E-state index contributed by atoms with van der Waals surface area (Å²) in [7, 11) is 0. The largest absolute Gasteiger partial charge is 0.456 e. The Kier molecular flexibility index (Phi) is 7.25. The summed E-state index contributed by atoms with van der Waals surface area (Å²) in [6.07, 6.45) is 1.50. The summed E-state index contributed by atoms with van der Waals surface area (Å²) in [4.78, 5) is 11.3. The first-order chi connectivity index (χ1) is 30.2. The quantitative estimate of drug-likeness (QED) is 0.179. The predicted octanol–water partition coefficient (Wildman–Crippen LogP) is 14.6. The number of para-hydroxylation sites is 5. The number of aliphatic imine (C=N–C) groups is 2. The zero-order chi connectivity index (χ0) is 40.2. The maximum Gasteiger partial charge on any atom is 0.235 e. The van der Waals surface area contributed by atoms with Gasteiger partial charge in [-0.2, -0.15) is 0 Å². The van der Waals surface area contributed by atoms with Crippen LogP contribution in [0.3, 0.4) is 0 Å². The van der Waals surface area contributed by atoms with Crippen molar-refractivity contribution in [1.82, 2.24) is 9.13 Å². The van der Waals surface area contributed by atoms with Crippen molar-refractivity contribution < 1.29 is 8.83 Å². The molecule has 0 atom stereocenters. The summed E-state index contributed by atoms with van der Waals surface area (Å²) < 4.78 is 17.5. The van der Waals surface area contributed by atoms with Gasteiger partial charge in [0.05, 0.1) is 33.5 Å². The van der Waals surface area contributed by atoms with E-state index >= 15 is 0 Å². The molecule has 0 radical (unpaired) electrons. The van der Waals surface area contributed by atoms with Gasteiger partial charge in [0, 0.05) is 54.3 Å². The van der Waals surface area contributed by atoms with Gasteiger partial charge in [0.1, 0.15) is 22.3 Å². The molecule has 61 heavy (non-hydrogen) atoms. The van der Waals surface area contributed by atoms with Crippen LogP contribution < -0.4 is 0 Å². The van der Waals surface area contributed by atoms with Gasteiger partial charge in [-0.15, -0.1) is 0 Å². The van der Waals surface area contributed by atoms with Crippen molar-refractivity contribution in [2.24, 2.45) is 9.98 Å². The lowest BCUT2D eigenvalue weighted by Gasteiger charge is -2.17. The zero-order valence-electron chi connectivity index (χ0n) is 33.3. The van der Waals surface area contributed by atoms with E-state index in [1.54, 1.807) is 0 Å². The molecule has 0 bridgehead atoms. The Morgan fingerprint density at radius 1 is 0.426 bits per heavy atom. The lowest BCUT2D eigenvalue weighted by atomic mass is 9.97. The van der Waals surface area contributed by atoms with Crippen LogP contribution in [0.15, 0.2) is 200 Å². The molecule has 13 rings (SSSR count). The summed E-state index contributed by atoms with van der Waals surface area (Å²) in [5, 5.41) is 9.12. The molecule has 0 amide bonds. The second kappa shape index (κ2) is 13.0. The molecule has 12 aromatic rings. The third-order valence-electron chi connectivity index (χ3n) is 12.6. The lowest BCUT2D eigenvalue weighted by Crippen LogP contribution is -2.16. The molecule has 5 heterocycles. The number of aromatic nitrogens is 2. The Morgan fingerprint density at radius 2 is 0.984 bits per heavy atom. The smallest absolute Gasteiger partial charge is 0.235 e. The molecule has 0 N–H and O–H groups in total. The topological polar surface area (TPSA) is 60.9 Å². The van der Waals surface area contributed by atoms with Gasteiger partial charge in [-0.1, -0.05) is 109 Å². The van der Waals surface area contributed by atoms with Crippen LogP contribution in [0.2, 0.25) is 0 Å². The van der Waals surface area contributed by atoms with Crippen LogP contribution in [0.1, 0.15) is 30.9 Å². The normalized spacial score (nSPS) is 14.0. The molecule has 0 saturated heterocycles. The van der Waals surface area contributed by atoms with E-state index in [2.05, 4.69) is 168 Å². The van der Waals surface area contributed by atoms with E-state index in [0.717, 1.165) is 112 Å². The molecule has 288 valence electrons. The number of nitrogens with zero attached hydrogens (tertiary/aromatic N) is 4. The van der Waals surface area contributed by atoms with Crippen molar-refractivity contribution in [3.8, 4) is 5.69 Å². The average molecular weight is 785 g/mol. The maximum absolute atomic E-state index is 6.42. The molecule has 1 aliphatic rings. The van der Waals surface area contributed by atoms with E-state index in [4.69, 9.17) is 18.8 Å².